The highest BCUT2D eigenvalue weighted by Gasteiger charge is 2.16. The number of aromatic hydroxyl groups is 1. The fourth-order valence-corrected chi connectivity index (χ4v) is 3.62. The number of phenolic OH excluding ortho intramolecular Hbond substituents is 1. The fourth-order valence-electron chi connectivity index (χ4n) is 3.40. The molecule has 0 unspecified atom stereocenters. The SMILES string of the molecule is Cc1nc2ccc(N=Cc3ccccc3O)cc2n2c(-c3ccccc3Cl)nnc12. The lowest BCUT2D eigenvalue weighted by atomic mass is 10.2. The molecule has 0 saturated carbocycles. The smallest absolute Gasteiger partial charge is 0.183 e. The number of rotatable bonds is 3. The van der Waals surface area contributed by atoms with Crippen molar-refractivity contribution in [2.45, 2.75) is 6.92 Å². The van der Waals surface area contributed by atoms with Gasteiger partial charge < -0.3 is 5.11 Å². The van der Waals surface area contributed by atoms with E-state index >= 15 is 0 Å². The number of benzene rings is 3. The molecular formula is C23H16ClN5O. The third-order valence-electron chi connectivity index (χ3n) is 4.88. The summed E-state index contributed by atoms with van der Waals surface area (Å²) in [5.41, 5.74) is 5.22. The van der Waals surface area contributed by atoms with E-state index in [1.165, 1.54) is 0 Å². The van der Waals surface area contributed by atoms with Gasteiger partial charge in [-0.25, -0.2) is 4.98 Å². The minimum absolute atomic E-state index is 0.182. The van der Waals surface area contributed by atoms with Gasteiger partial charge in [-0.05, 0) is 49.4 Å². The molecule has 0 saturated heterocycles. The Morgan fingerprint density at radius 1 is 1.00 bits per heavy atom. The summed E-state index contributed by atoms with van der Waals surface area (Å²) in [5.74, 6) is 0.828. The first kappa shape index (κ1) is 18.3. The summed E-state index contributed by atoms with van der Waals surface area (Å²) in [4.78, 5) is 9.19. The number of aryl methyl sites for hydroxylation is 1. The minimum Gasteiger partial charge on any atom is -0.507 e. The summed E-state index contributed by atoms with van der Waals surface area (Å²) < 4.78 is 1.96. The zero-order valence-electron chi connectivity index (χ0n) is 16.0. The maximum absolute atomic E-state index is 9.96. The van der Waals surface area contributed by atoms with Crippen LogP contribution in [-0.4, -0.2) is 30.9 Å². The van der Waals surface area contributed by atoms with Crippen molar-refractivity contribution < 1.29 is 5.11 Å². The monoisotopic (exact) mass is 413 g/mol. The Morgan fingerprint density at radius 2 is 1.80 bits per heavy atom. The van der Waals surface area contributed by atoms with E-state index in [0.29, 0.717) is 22.1 Å². The lowest BCUT2D eigenvalue weighted by molar-refractivity contribution is 0.474. The standard InChI is InChI=1S/C23H16ClN5O/c1-14-22-27-28-23(17-7-3-4-8-18(17)24)29(22)20-12-16(10-11-19(20)26-14)25-13-15-6-2-5-9-21(15)30/h2-13,30H,1H3. The summed E-state index contributed by atoms with van der Waals surface area (Å²) >= 11 is 6.43. The van der Waals surface area contributed by atoms with Gasteiger partial charge in [0.1, 0.15) is 5.75 Å². The zero-order chi connectivity index (χ0) is 20.7. The Kier molecular flexibility index (Phi) is 4.41. The van der Waals surface area contributed by atoms with Crippen molar-refractivity contribution in [1.82, 2.24) is 19.6 Å². The topological polar surface area (TPSA) is 75.7 Å². The molecule has 0 spiro atoms. The van der Waals surface area contributed by atoms with Gasteiger partial charge >= 0.3 is 0 Å². The normalized spacial score (nSPS) is 11.7. The van der Waals surface area contributed by atoms with Gasteiger partial charge in [-0.3, -0.25) is 9.39 Å². The molecule has 146 valence electrons. The van der Waals surface area contributed by atoms with Crippen LogP contribution >= 0.6 is 11.6 Å². The van der Waals surface area contributed by atoms with Gasteiger partial charge in [-0.2, -0.15) is 0 Å². The lowest BCUT2D eigenvalue weighted by Gasteiger charge is -2.08. The van der Waals surface area contributed by atoms with Gasteiger partial charge in [0.2, 0.25) is 0 Å². The predicted octanol–water partition coefficient (Wildman–Crippen LogP) is 5.36. The quantitative estimate of drug-likeness (QED) is 0.404. The van der Waals surface area contributed by atoms with E-state index in [1.807, 2.05) is 59.9 Å². The molecule has 30 heavy (non-hydrogen) atoms. The van der Waals surface area contributed by atoms with E-state index in [4.69, 9.17) is 11.6 Å². The maximum Gasteiger partial charge on any atom is 0.183 e. The molecule has 0 bridgehead atoms. The molecule has 0 aliphatic carbocycles. The second-order valence-electron chi connectivity index (χ2n) is 6.85. The summed E-state index contributed by atoms with van der Waals surface area (Å²) in [5, 5.41) is 19.3. The Labute approximate surface area is 177 Å². The molecule has 0 aliphatic rings. The molecule has 1 N–H and O–H groups in total. The number of phenols is 1. The zero-order valence-corrected chi connectivity index (χ0v) is 16.7. The van der Waals surface area contributed by atoms with E-state index < -0.39 is 0 Å². The number of fused-ring (bicyclic) bond motifs is 3. The predicted molar refractivity (Wildman–Crippen MR) is 119 cm³/mol. The second kappa shape index (κ2) is 7.24. The van der Waals surface area contributed by atoms with Crippen molar-refractivity contribution in [3.8, 4) is 17.1 Å². The van der Waals surface area contributed by atoms with Crippen LogP contribution in [0.3, 0.4) is 0 Å². The molecule has 0 atom stereocenters. The number of halogens is 1. The average Bonchev–Trinajstić information content (AvgIpc) is 3.20. The molecule has 6 nitrogen and oxygen atoms in total. The first-order valence-electron chi connectivity index (χ1n) is 9.34. The van der Waals surface area contributed by atoms with Crippen LogP contribution in [0.25, 0.3) is 28.1 Å². The third-order valence-corrected chi connectivity index (χ3v) is 5.21. The summed E-state index contributed by atoms with van der Waals surface area (Å²) in [6, 6.07) is 20.3. The molecule has 0 fully saturated rings. The highest BCUT2D eigenvalue weighted by atomic mass is 35.5. The van der Waals surface area contributed by atoms with E-state index in [-0.39, 0.29) is 5.75 Å². The van der Waals surface area contributed by atoms with Crippen molar-refractivity contribution in [1.29, 1.82) is 0 Å². The molecule has 5 rings (SSSR count). The van der Waals surface area contributed by atoms with Crippen molar-refractivity contribution in [3.05, 3.63) is 83.0 Å². The molecule has 0 amide bonds. The van der Waals surface area contributed by atoms with Gasteiger partial charge in [-0.15, -0.1) is 10.2 Å². The van der Waals surface area contributed by atoms with Gasteiger partial charge in [0, 0.05) is 17.3 Å². The van der Waals surface area contributed by atoms with Crippen LogP contribution in [-0.2, 0) is 0 Å². The van der Waals surface area contributed by atoms with E-state index in [0.717, 1.165) is 28.0 Å². The van der Waals surface area contributed by atoms with Crippen molar-refractivity contribution in [2.24, 2.45) is 4.99 Å². The first-order chi connectivity index (χ1) is 14.6. The number of nitrogens with zero attached hydrogens (tertiary/aromatic N) is 5. The Morgan fingerprint density at radius 3 is 2.63 bits per heavy atom. The molecule has 0 aliphatic heterocycles. The number of hydrogen-bond acceptors (Lipinski definition) is 5. The second-order valence-corrected chi connectivity index (χ2v) is 7.26. The molecule has 2 heterocycles. The van der Waals surface area contributed by atoms with Gasteiger partial charge in [0.15, 0.2) is 11.5 Å². The minimum atomic E-state index is 0.182. The highest BCUT2D eigenvalue weighted by molar-refractivity contribution is 6.33. The van der Waals surface area contributed by atoms with Gasteiger partial charge in [-0.1, -0.05) is 35.9 Å². The summed E-state index contributed by atoms with van der Waals surface area (Å²) in [6.07, 6.45) is 1.64. The summed E-state index contributed by atoms with van der Waals surface area (Å²) in [7, 11) is 0. The van der Waals surface area contributed by atoms with Crippen LogP contribution in [0.2, 0.25) is 5.02 Å². The van der Waals surface area contributed by atoms with Gasteiger partial charge in [0.05, 0.1) is 27.4 Å². The van der Waals surface area contributed by atoms with E-state index in [2.05, 4.69) is 20.2 Å². The summed E-state index contributed by atoms with van der Waals surface area (Å²) in [6.45, 7) is 1.91. The maximum atomic E-state index is 9.96. The first-order valence-corrected chi connectivity index (χ1v) is 9.72. The van der Waals surface area contributed by atoms with Gasteiger partial charge in [0.25, 0.3) is 0 Å². The molecular weight excluding hydrogens is 398 g/mol. The largest absolute Gasteiger partial charge is 0.507 e. The van der Waals surface area contributed by atoms with E-state index in [1.54, 1.807) is 24.4 Å². The van der Waals surface area contributed by atoms with Crippen LogP contribution in [0.15, 0.2) is 71.7 Å². The third kappa shape index (κ3) is 3.07. The Hall–Kier alpha value is -3.77. The van der Waals surface area contributed by atoms with Crippen molar-refractivity contribution in [2.75, 3.05) is 0 Å². The number of aliphatic imine (C=N–C) groups is 1. The van der Waals surface area contributed by atoms with Crippen molar-refractivity contribution in [3.63, 3.8) is 0 Å². The average molecular weight is 414 g/mol. The lowest BCUT2D eigenvalue weighted by Crippen LogP contribution is -1.97. The van der Waals surface area contributed by atoms with E-state index in [9.17, 15) is 5.11 Å². The van der Waals surface area contributed by atoms with Crippen LogP contribution in [0, 0.1) is 6.92 Å². The number of aromatic nitrogens is 4. The molecule has 0 radical (unpaired) electrons. The molecule has 5 aromatic rings. The van der Waals surface area contributed by atoms with Crippen LogP contribution in [0.1, 0.15) is 11.3 Å². The Balaban J connectivity index is 1.72. The fraction of sp³-hybridized carbons (Fsp3) is 0.0435. The molecule has 2 aromatic heterocycles. The van der Waals surface area contributed by atoms with Crippen LogP contribution < -0.4 is 0 Å². The van der Waals surface area contributed by atoms with Crippen molar-refractivity contribution >= 4 is 40.2 Å². The van der Waals surface area contributed by atoms with Crippen LogP contribution in [0.4, 0.5) is 5.69 Å². The molecule has 3 aromatic carbocycles. The molecule has 7 heteroatoms. The Bertz CT molecular complexity index is 1440. The number of para-hydroxylation sites is 1. The number of hydrogen-bond donors (Lipinski definition) is 1. The highest BCUT2D eigenvalue weighted by Crippen LogP contribution is 2.30. The van der Waals surface area contributed by atoms with Crippen LogP contribution in [0.5, 0.6) is 5.75 Å².